The molecule has 0 aliphatic carbocycles. The average molecular weight is 268 g/mol. The summed E-state index contributed by atoms with van der Waals surface area (Å²) in [6.07, 6.45) is 0. The van der Waals surface area contributed by atoms with Gasteiger partial charge in [-0.1, -0.05) is 18.2 Å². The summed E-state index contributed by atoms with van der Waals surface area (Å²) in [5, 5.41) is 4.16. The summed E-state index contributed by atoms with van der Waals surface area (Å²) >= 11 is 7.16. The molecule has 2 nitrogen and oxygen atoms in total. The minimum Gasteiger partial charge on any atom is -0.362 e. The van der Waals surface area contributed by atoms with Crippen LogP contribution in [0.15, 0.2) is 35.2 Å². The number of rotatable bonds is 6. The van der Waals surface area contributed by atoms with Crippen LogP contribution in [0.1, 0.15) is 13.8 Å². The molecule has 0 amide bonds. The monoisotopic (exact) mass is 268 g/mol. The summed E-state index contributed by atoms with van der Waals surface area (Å²) in [7, 11) is 0. The average Bonchev–Trinajstić information content (AvgIpc) is 2.37. The molecule has 0 saturated heterocycles. The second-order valence-corrected chi connectivity index (χ2v) is 5.12. The van der Waals surface area contributed by atoms with Gasteiger partial charge in [-0.3, -0.25) is 0 Å². The molecule has 1 aromatic carbocycles. The van der Waals surface area contributed by atoms with Crippen LogP contribution < -0.4 is 5.32 Å². The first kappa shape index (κ1) is 14.3. The highest BCUT2D eigenvalue weighted by atomic mass is 32.2. The predicted molar refractivity (Wildman–Crippen MR) is 80.7 cm³/mol. The van der Waals surface area contributed by atoms with Crippen LogP contribution >= 0.6 is 24.0 Å². The van der Waals surface area contributed by atoms with Gasteiger partial charge in [0.15, 0.2) is 5.11 Å². The van der Waals surface area contributed by atoms with Crippen molar-refractivity contribution in [3.8, 4) is 0 Å². The van der Waals surface area contributed by atoms with Crippen LogP contribution in [0.2, 0.25) is 0 Å². The van der Waals surface area contributed by atoms with Gasteiger partial charge in [0.05, 0.1) is 0 Å². The fraction of sp³-hybridized carbons (Fsp3) is 0.462. The van der Waals surface area contributed by atoms with Crippen molar-refractivity contribution >= 4 is 29.1 Å². The van der Waals surface area contributed by atoms with E-state index in [1.807, 2.05) is 17.8 Å². The highest BCUT2D eigenvalue weighted by Gasteiger charge is 2.03. The van der Waals surface area contributed by atoms with E-state index >= 15 is 0 Å². The zero-order valence-electron chi connectivity index (χ0n) is 10.5. The van der Waals surface area contributed by atoms with Gasteiger partial charge in [-0.15, -0.1) is 11.8 Å². The number of nitrogens with one attached hydrogen (secondary N) is 1. The molecule has 0 fully saturated rings. The van der Waals surface area contributed by atoms with Gasteiger partial charge in [-0.2, -0.15) is 0 Å². The number of hydrogen-bond donors (Lipinski definition) is 1. The maximum absolute atomic E-state index is 5.31. The normalized spacial score (nSPS) is 10.0. The summed E-state index contributed by atoms with van der Waals surface area (Å²) in [4.78, 5) is 3.46. The fourth-order valence-corrected chi connectivity index (χ4v) is 2.62. The molecule has 0 aromatic heterocycles. The van der Waals surface area contributed by atoms with E-state index in [0.717, 1.165) is 30.5 Å². The molecular formula is C13H20N2S2. The maximum Gasteiger partial charge on any atom is 0.168 e. The van der Waals surface area contributed by atoms with Gasteiger partial charge in [0.2, 0.25) is 0 Å². The van der Waals surface area contributed by atoms with E-state index in [1.165, 1.54) is 4.90 Å². The number of nitrogens with zero attached hydrogens (tertiary/aromatic N) is 1. The van der Waals surface area contributed by atoms with Gasteiger partial charge in [0.25, 0.3) is 0 Å². The van der Waals surface area contributed by atoms with Gasteiger partial charge in [0, 0.05) is 30.3 Å². The Bertz CT molecular complexity index is 323. The van der Waals surface area contributed by atoms with Crippen molar-refractivity contribution in [2.24, 2.45) is 0 Å². The molecule has 0 aliphatic rings. The van der Waals surface area contributed by atoms with Gasteiger partial charge in [-0.05, 0) is 38.2 Å². The van der Waals surface area contributed by atoms with Crippen molar-refractivity contribution in [1.29, 1.82) is 0 Å². The van der Waals surface area contributed by atoms with E-state index in [0.29, 0.717) is 0 Å². The Morgan fingerprint density at radius 1 is 1.24 bits per heavy atom. The Morgan fingerprint density at radius 2 is 1.88 bits per heavy atom. The van der Waals surface area contributed by atoms with E-state index in [9.17, 15) is 0 Å². The Hall–Kier alpha value is -0.740. The predicted octanol–water partition coefficient (Wildman–Crippen LogP) is 3.00. The molecule has 1 aromatic rings. The van der Waals surface area contributed by atoms with Gasteiger partial charge in [0.1, 0.15) is 0 Å². The molecule has 0 atom stereocenters. The topological polar surface area (TPSA) is 15.3 Å². The molecule has 17 heavy (non-hydrogen) atoms. The first-order chi connectivity index (χ1) is 8.27. The Morgan fingerprint density at radius 3 is 2.47 bits per heavy atom. The van der Waals surface area contributed by atoms with Crippen LogP contribution in [-0.4, -0.2) is 35.4 Å². The van der Waals surface area contributed by atoms with Gasteiger partial charge < -0.3 is 10.2 Å². The van der Waals surface area contributed by atoms with Crippen LogP contribution in [-0.2, 0) is 0 Å². The molecule has 0 aliphatic heterocycles. The Balaban J connectivity index is 2.18. The molecule has 0 unspecified atom stereocenters. The lowest BCUT2D eigenvalue weighted by molar-refractivity contribution is 0.458. The largest absolute Gasteiger partial charge is 0.362 e. The van der Waals surface area contributed by atoms with Gasteiger partial charge in [-0.25, -0.2) is 0 Å². The van der Waals surface area contributed by atoms with E-state index in [1.54, 1.807) is 0 Å². The summed E-state index contributed by atoms with van der Waals surface area (Å²) in [5.74, 6) is 1.03. The van der Waals surface area contributed by atoms with Gasteiger partial charge >= 0.3 is 0 Å². The molecule has 0 heterocycles. The molecule has 0 spiro atoms. The lowest BCUT2D eigenvalue weighted by atomic mass is 10.4. The number of thiocarbonyl (C=S) groups is 1. The second-order valence-electron chi connectivity index (χ2n) is 3.57. The van der Waals surface area contributed by atoms with Crippen LogP contribution in [0.5, 0.6) is 0 Å². The third-order valence-corrected chi connectivity index (χ3v) is 3.86. The minimum atomic E-state index is 0.865. The smallest absolute Gasteiger partial charge is 0.168 e. The van der Waals surface area contributed by atoms with Crippen LogP contribution in [0, 0.1) is 0 Å². The summed E-state index contributed by atoms with van der Waals surface area (Å²) in [6, 6.07) is 10.4. The standard InChI is InChI=1S/C13H20N2S2/c1-3-15(4-2)13(16)14-10-11-17-12-8-6-5-7-9-12/h5-9H,3-4,10-11H2,1-2H3,(H,14,16). The van der Waals surface area contributed by atoms with E-state index in [4.69, 9.17) is 12.2 Å². The maximum atomic E-state index is 5.31. The quantitative estimate of drug-likeness (QED) is 0.484. The minimum absolute atomic E-state index is 0.865. The lowest BCUT2D eigenvalue weighted by Crippen LogP contribution is -2.40. The summed E-state index contributed by atoms with van der Waals surface area (Å²) in [6.45, 7) is 7.09. The van der Waals surface area contributed by atoms with E-state index in [-0.39, 0.29) is 0 Å². The molecule has 0 saturated carbocycles. The molecule has 1 N–H and O–H groups in total. The summed E-state index contributed by atoms with van der Waals surface area (Å²) in [5.41, 5.74) is 0. The van der Waals surface area contributed by atoms with Crippen LogP contribution in [0.3, 0.4) is 0 Å². The number of benzene rings is 1. The molecule has 4 heteroatoms. The number of thioether (sulfide) groups is 1. The van der Waals surface area contributed by atoms with E-state index < -0.39 is 0 Å². The third kappa shape index (κ3) is 5.41. The van der Waals surface area contributed by atoms with Crippen molar-refractivity contribution in [2.75, 3.05) is 25.4 Å². The SMILES string of the molecule is CCN(CC)C(=S)NCCSc1ccccc1. The van der Waals surface area contributed by atoms with Crippen molar-refractivity contribution in [3.05, 3.63) is 30.3 Å². The lowest BCUT2D eigenvalue weighted by Gasteiger charge is -2.22. The Labute approximate surface area is 114 Å². The van der Waals surface area contributed by atoms with Crippen LogP contribution in [0.4, 0.5) is 0 Å². The zero-order chi connectivity index (χ0) is 12.5. The molecule has 0 radical (unpaired) electrons. The van der Waals surface area contributed by atoms with Crippen molar-refractivity contribution in [2.45, 2.75) is 18.7 Å². The van der Waals surface area contributed by atoms with Crippen molar-refractivity contribution in [3.63, 3.8) is 0 Å². The Kier molecular flexibility index (Phi) is 7.05. The number of hydrogen-bond acceptors (Lipinski definition) is 2. The molecular weight excluding hydrogens is 248 g/mol. The third-order valence-electron chi connectivity index (χ3n) is 2.44. The highest BCUT2D eigenvalue weighted by molar-refractivity contribution is 7.99. The first-order valence-corrected chi connectivity index (χ1v) is 7.38. The van der Waals surface area contributed by atoms with Crippen molar-refractivity contribution in [1.82, 2.24) is 10.2 Å². The highest BCUT2D eigenvalue weighted by Crippen LogP contribution is 2.15. The van der Waals surface area contributed by atoms with Crippen molar-refractivity contribution < 1.29 is 0 Å². The molecule has 0 bridgehead atoms. The van der Waals surface area contributed by atoms with Crippen LogP contribution in [0.25, 0.3) is 0 Å². The molecule has 1 rings (SSSR count). The first-order valence-electron chi connectivity index (χ1n) is 5.98. The molecule has 94 valence electrons. The summed E-state index contributed by atoms with van der Waals surface area (Å²) < 4.78 is 0. The fourth-order valence-electron chi connectivity index (χ4n) is 1.47. The van der Waals surface area contributed by atoms with E-state index in [2.05, 4.69) is 48.3 Å². The second kappa shape index (κ2) is 8.37. The zero-order valence-corrected chi connectivity index (χ0v) is 12.1.